The van der Waals surface area contributed by atoms with Crippen LogP contribution in [0, 0.1) is 6.92 Å². The van der Waals surface area contributed by atoms with Crippen LogP contribution in [0.2, 0.25) is 0 Å². The predicted molar refractivity (Wildman–Crippen MR) is 124 cm³/mol. The average molecular weight is 527 g/mol. The lowest BCUT2D eigenvalue weighted by Gasteiger charge is -2.27. The number of benzene rings is 1. The van der Waals surface area contributed by atoms with E-state index in [9.17, 15) is 18.3 Å². The first-order chi connectivity index (χ1) is 14.9. The summed E-state index contributed by atoms with van der Waals surface area (Å²) in [7, 11) is -1.11. The first-order valence-electron chi connectivity index (χ1n) is 9.50. The molecule has 3 rings (SSSR count). The van der Waals surface area contributed by atoms with Gasteiger partial charge in [0.05, 0.1) is 11.3 Å². The number of aromatic hydroxyl groups is 1. The fourth-order valence-corrected chi connectivity index (χ4v) is 4.40. The Hall–Kier alpha value is -2.90. The third kappa shape index (κ3) is 4.64. The molecule has 4 N–H and O–H groups in total. The quantitative estimate of drug-likeness (QED) is 0.305. The van der Waals surface area contributed by atoms with E-state index in [0.717, 1.165) is 5.01 Å². The number of hydrogen-bond donors (Lipinski definition) is 3. The maximum atomic E-state index is 12.5. The van der Waals surface area contributed by atoms with Crippen LogP contribution in [-0.4, -0.2) is 55.1 Å². The number of amidine groups is 2. The van der Waals surface area contributed by atoms with Crippen molar-refractivity contribution in [3.63, 3.8) is 0 Å². The van der Waals surface area contributed by atoms with Gasteiger partial charge in [-0.3, -0.25) is 9.80 Å². The Labute approximate surface area is 193 Å². The molecule has 0 spiro atoms. The van der Waals surface area contributed by atoms with E-state index < -0.39 is 22.2 Å². The Balaban J connectivity index is 1.99. The minimum Gasteiger partial charge on any atom is -0.505 e. The predicted octanol–water partition coefficient (Wildman–Crippen LogP) is 2.55. The highest BCUT2D eigenvalue weighted by atomic mass is 79.9. The van der Waals surface area contributed by atoms with Crippen LogP contribution < -0.4 is 11.2 Å². The zero-order valence-electron chi connectivity index (χ0n) is 17.8. The number of hydrazine groups is 1. The zero-order chi connectivity index (χ0) is 23.8. The van der Waals surface area contributed by atoms with Gasteiger partial charge in [0.2, 0.25) is 5.84 Å². The van der Waals surface area contributed by atoms with Crippen LogP contribution in [0.5, 0.6) is 5.75 Å². The van der Waals surface area contributed by atoms with Gasteiger partial charge in [-0.2, -0.15) is 8.42 Å². The highest BCUT2D eigenvalue weighted by molar-refractivity contribution is 9.10. The molecule has 1 aromatic heterocycles. The number of carbonyl (C=O) groups excluding carboxylic acids is 1. The normalized spacial score (nSPS) is 15.7. The SMILES string of the molecule is CC[C@H](c1ccc(C)o1)N(N)C1=NS(=O)(=O)N=C1Nc1ccc(Br)c(C(=O)N(C)C)c1O. The minimum absolute atomic E-state index is 0.00189. The molecular formula is C19H23BrN6O5S. The molecule has 13 heteroatoms. The maximum Gasteiger partial charge on any atom is 0.367 e. The van der Waals surface area contributed by atoms with E-state index >= 15 is 0 Å². The molecule has 1 atom stereocenters. The van der Waals surface area contributed by atoms with Crippen molar-refractivity contribution in [1.82, 2.24) is 9.91 Å². The molecule has 0 saturated heterocycles. The van der Waals surface area contributed by atoms with E-state index in [1.807, 2.05) is 6.92 Å². The molecule has 1 aliphatic rings. The van der Waals surface area contributed by atoms with Crippen LogP contribution in [-0.2, 0) is 10.2 Å². The van der Waals surface area contributed by atoms with Crippen molar-refractivity contribution in [3.05, 3.63) is 45.8 Å². The van der Waals surface area contributed by atoms with Crippen LogP contribution >= 0.6 is 15.9 Å². The Kier molecular flexibility index (Phi) is 6.62. The summed E-state index contributed by atoms with van der Waals surface area (Å²) in [6, 6.07) is 6.00. The highest BCUT2D eigenvalue weighted by Crippen LogP contribution is 2.35. The van der Waals surface area contributed by atoms with Gasteiger partial charge in [0.15, 0.2) is 11.6 Å². The van der Waals surface area contributed by atoms with Crippen LogP contribution in [0.15, 0.2) is 42.0 Å². The number of rotatable bonds is 5. The maximum absolute atomic E-state index is 12.5. The summed E-state index contributed by atoms with van der Waals surface area (Å²) in [6.07, 6.45) is 0.487. The highest BCUT2D eigenvalue weighted by Gasteiger charge is 2.33. The Morgan fingerprint density at radius 3 is 2.53 bits per heavy atom. The van der Waals surface area contributed by atoms with Crippen LogP contribution in [0.3, 0.4) is 0 Å². The molecule has 0 unspecified atom stereocenters. The number of anilines is 1. The lowest BCUT2D eigenvalue weighted by Crippen LogP contribution is -2.45. The molecule has 0 aliphatic carbocycles. The number of phenols is 1. The number of hydrogen-bond acceptors (Lipinski definition) is 8. The molecule has 0 bridgehead atoms. The van der Waals surface area contributed by atoms with E-state index in [4.69, 9.17) is 10.3 Å². The molecule has 2 aromatic rings. The topological polar surface area (TPSA) is 154 Å². The van der Waals surface area contributed by atoms with Crippen molar-refractivity contribution in [2.24, 2.45) is 14.6 Å². The average Bonchev–Trinajstić information content (AvgIpc) is 3.26. The van der Waals surface area contributed by atoms with Crippen molar-refractivity contribution in [2.45, 2.75) is 26.3 Å². The second-order valence-corrected chi connectivity index (χ2v) is 9.34. The number of phenolic OH excluding ortho intramolecular Hbond substituents is 1. The van der Waals surface area contributed by atoms with E-state index in [0.29, 0.717) is 22.4 Å². The second kappa shape index (κ2) is 8.92. The molecule has 0 radical (unpaired) electrons. The van der Waals surface area contributed by atoms with E-state index in [1.165, 1.54) is 11.0 Å². The molecule has 2 heterocycles. The molecule has 11 nitrogen and oxygen atoms in total. The lowest BCUT2D eigenvalue weighted by atomic mass is 10.1. The minimum atomic E-state index is -4.19. The fraction of sp³-hybridized carbons (Fsp3) is 0.316. The van der Waals surface area contributed by atoms with Crippen LogP contribution in [0.1, 0.15) is 41.3 Å². The summed E-state index contributed by atoms with van der Waals surface area (Å²) in [4.78, 5) is 13.8. The summed E-state index contributed by atoms with van der Waals surface area (Å²) >= 11 is 3.25. The van der Waals surface area contributed by atoms with Crippen molar-refractivity contribution >= 4 is 49.4 Å². The second-order valence-electron chi connectivity index (χ2n) is 7.23. The first kappa shape index (κ1) is 23.8. The van der Waals surface area contributed by atoms with Gasteiger partial charge in [0, 0.05) is 18.6 Å². The molecule has 0 fully saturated rings. The fourth-order valence-electron chi connectivity index (χ4n) is 3.11. The molecular weight excluding hydrogens is 504 g/mol. The Morgan fingerprint density at radius 2 is 1.97 bits per heavy atom. The number of nitrogens with one attached hydrogen (secondary N) is 1. The Bertz CT molecular complexity index is 1220. The van der Waals surface area contributed by atoms with E-state index in [2.05, 4.69) is 30.0 Å². The van der Waals surface area contributed by atoms with Gasteiger partial charge in [-0.25, -0.2) is 5.84 Å². The van der Waals surface area contributed by atoms with Gasteiger partial charge < -0.3 is 19.7 Å². The number of amides is 1. The Morgan fingerprint density at radius 1 is 1.28 bits per heavy atom. The van der Waals surface area contributed by atoms with Gasteiger partial charge in [-0.05, 0) is 53.5 Å². The lowest BCUT2D eigenvalue weighted by molar-refractivity contribution is 0.0824. The first-order valence-corrected chi connectivity index (χ1v) is 11.7. The zero-order valence-corrected chi connectivity index (χ0v) is 20.2. The van der Waals surface area contributed by atoms with Crippen molar-refractivity contribution < 1.29 is 22.7 Å². The largest absolute Gasteiger partial charge is 0.505 e. The van der Waals surface area contributed by atoms with Crippen molar-refractivity contribution in [3.8, 4) is 5.75 Å². The summed E-state index contributed by atoms with van der Waals surface area (Å²) in [5, 5.41) is 14.6. The van der Waals surface area contributed by atoms with Crippen molar-refractivity contribution in [1.29, 1.82) is 0 Å². The van der Waals surface area contributed by atoms with Crippen LogP contribution in [0.4, 0.5) is 5.69 Å². The van der Waals surface area contributed by atoms with Gasteiger partial charge in [-0.15, -0.1) is 8.80 Å². The van der Waals surface area contributed by atoms with E-state index in [1.54, 1.807) is 39.2 Å². The van der Waals surface area contributed by atoms with Gasteiger partial charge in [0.1, 0.15) is 17.6 Å². The smallest absolute Gasteiger partial charge is 0.367 e. The van der Waals surface area contributed by atoms with Gasteiger partial charge in [0.25, 0.3) is 5.91 Å². The number of nitrogens with two attached hydrogens (primary N) is 1. The molecule has 1 aromatic carbocycles. The number of aryl methyl sites for hydroxylation is 1. The molecule has 0 saturated carbocycles. The van der Waals surface area contributed by atoms with Gasteiger partial charge >= 0.3 is 10.2 Å². The summed E-state index contributed by atoms with van der Waals surface area (Å²) in [5.74, 6) is 6.26. The summed E-state index contributed by atoms with van der Waals surface area (Å²) < 4.78 is 37.6. The molecule has 1 aliphatic heterocycles. The number of furan rings is 1. The van der Waals surface area contributed by atoms with Crippen molar-refractivity contribution in [2.75, 3.05) is 19.4 Å². The number of nitrogens with zero attached hydrogens (tertiary/aromatic N) is 4. The monoisotopic (exact) mass is 526 g/mol. The van der Waals surface area contributed by atoms with Gasteiger partial charge in [-0.1, -0.05) is 6.92 Å². The summed E-state index contributed by atoms with van der Waals surface area (Å²) in [5.41, 5.74) is 0.0549. The van der Waals surface area contributed by atoms with E-state index in [-0.39, 0.29) is 28.7 Å². The molecule has 1 amide bonds. The standard InChI is InChI=1S/C19H23BrN6O5S/c1-5-13(14-9-6-10(2)31-14)26(21)18-17(23-32(29,30)24-18)22-12-8-7-11(20)15(16(12)27)19(28)25(3)4/h6-9,13,27H,5,21H2,1-4H3,(H,22,23)/t13-/m1/s1. The summed E-state index contributed by atoms with van der Waals surface area (Å²) in [6.45, 7) is 3.64. The molecule has 32 heavy (non-hydrogen) atoms. The number of halogens is 1. The third-order valence-electron chi connectivity index (χ3n) is 4.68. The molecule has 172 valence electrons. The number of carbonyl (C=O) groups is 1. The van der Waals surface area contributed by atoms with Crippen LogP contribution in [0.25, 0.3) is 0 Å². The third-order valence-corrected chi connectivity index (χ3v) is 6.15.